The molecule has 1 heterocycles. The van der Waals surface area contributed by atoms with Crippen molar-refractivity contribution in [1.82, 2.24) is 0 Å². The van der Waals surface area contributed by atoms with Crippen LogP contribution in [0.2, 0.25) is 0 Å². The largest absolute Gasteiger partial charge is 0.394 e. The number of ketones is 1. The van der Waals surface area contributed by atoms with Crippen LogP contribution >= 0.6 is 0 Å². The molecule has 0 spiro atoms. The Morgan fingerprint density at radius 2 is 1.88 bits per heavy atom. The van der Waals surface area contributed by atoms with Gasteiger partial charge in [-0.25, -0.2) is 0 Å². The lowest BCUT2D eigenvalue weighted by molar-refractivity contribution is -0.309. The maximum Gasteiger partial charge on any atom is 0.186 e. The van der Waals surface area contributed by atoms with Crippen LogP contribution in [-0.4, -0.2) is 80.8 Å². The Hall–Kier alpha value is -0.610. The van der Waals surface area contributed by atoms with E-state index in [-0.39, 0.29) is 30.6 Å². The van der Waals surface area contributed by atoms with Crippen LogP contribution in [-0.2, 0) is 14.3 Å². The van der Waals surface area contributed by atoms with Gasteiger partial charge in [-0.05, 0) is 25.7 Å². The lowest BCUT2D eigenvalue weighted by atomic mass is 9.74. The standard InChI is InChI=1S/C16H28O8/c1-8-3-4-9(5-10(8)18)16(2,22)7-23-15-14(21)13(20)12(19)11(6-17)24-15/h8-9,11-15,17,19-22H,3-7H2,1-2H3/t8-,9+,11+,12+,13-,14+,15+,16-/m0/s1. The first kappa shape index (κ1) is 19.7. The van der Waals surface area contributed by atoms with Gasteiger partial charge >= 0.3 is 0 Å². The maximum atomic E-state index is 11.9. The van der Waals surface area contributed by atoms with Crippen molar-refractivity contribution in [3.8, 4) is 0 Å². The molecule has 0 bridgehead atoms. The summed E-state index contributed by atoms with van der Waals surface area (Å²) in [5.41, 5.74) is -1.30. The molecule has 2 fully saturated rings. The van der Waals surface area contributed by atoms with E-state index in [2.05, 4.69) is 0 Å². The van der Waals surface area contributed by atoms with Gasteiger partial charge in [-0.3, -0.25) is 4.79 Å². The van der Waals surface area contributed by atoms with E-state index >= 15 is 0 Å². The highest BCUT2D eigenvalue weighted by Crippen LogP contribution is 2.34. The Balaban J connectivity index is 1.94. The summed E-state index contributed by atoms with van der Waals surface area (Å²) in [6.07, 6.45) is -5.16. The summed E-state index contributed by atoms with van der Waals surface area (Å²) < 4.78 is 10.7. The van der Waals surface area contributed by atoms with Crippen LogP contribution in [0.4, 0.5) is 0 Å². The van der Waals surface area contributed by atoms with Gasteiger partial charge in [0.25, 0.3) is 0 Å². The minimum absolute atomic E-state index is 0.00316. The number of Topliss-reactive ketones (excluding diaryl/α,β-unsaturated/α-hetero) is 1. The van der Waals surface area contributed by atoms with Gasteiger partial charge in [0.15, 0.2) is 6.29 Å². The summed E-state index contributed by atoms with van der Waals surface area (Å²) in [5.74, 6) is -0.145. The van der Waals surface area contributed by atoms with Crippen LogP contribution in [0.3, 0.4) is 0 Å². The molecule has 0 aromatic rings. The second kappa shape index (κ2) is 7.74. The van der Waals surface area contributed by atoms with Crippen molar-refractivity contribution >= 4 is 5.78 Å². The first-order valence-corrected chi connectivity index (χ1v) is 8.34. The Kier molecular flexibility index (Phi) is 6.35. The molecule has 0 amide bonds. The van der Waals surface area contributed by atoms with Crippen molar-refractivity contribution in [2.24, 2.45) is 11.8 Å². The lowest BCUT2D eigenvalue weighted by Gasteiger charge is -2.42. The molecular weight excluding hydrogens is 320 g/mol. The van der Waals surface area contributed by atoms with Gasteiger partial charge < -0.3 is 35.0 Å². The van der Waals surface area contributed by atoms with Gasteiger partial charge in [0.05, 0.1) is 18.8 Å². The summed E-state index contributed by atoms with van der Waals surface area (Å²) in [6, 6.07) is 0. The van der Waals surface area contributed by atoms with Crippen molar-refractivity contribution in [3.05, 3.63) is 0 Å². The van der Waals surface area contributed by atoms with E-state index in [9.17, 15) is 25.2 Å². The number of hydrogen-bond acceptors (Lipinski definition) is 8. The van der Waals surface area contributed by atoms with Crippen molar-refractivity contribution in [3.63, 3.8) is 0 Å². The zero-order chi connectivity index (χ0) is 18.1. The molecule has 1 aliphatic carbocycles. The van der Waals surface area contributed by atoms with Crippen LogP contribution in [0.15, 0.2) is 0 Å². The summed E-state index contributed by atoms with van der Waals surface area (Å²) in [6.45, 7) is 2.68. The predicted molar refractivity (Wildman–Crippen MR) is 81.9 cm³/mol. The fourth-order valence-electron chi connectivity index (χ4n) is 3.26. The summed E-state index contributed by atoms with van der Waals surface area (Å²) in [5, 5.41) is 49.2. The topological polar surface area (TPSA) is 137 Å². The van der Waals surface area contributed by atoms with Crippen LogP contribution in [0.1, 0.15) is 33.1 Å². The number of aliphatic hydroxyl groups excluding tert-OH is 4. The summed E-state index contributed by atoms with van der Waals surface area (Å²) in [4.78, 5) is 11.9. The van der Waals surface area contributed by atoms with Gasteiger partial charge in [0, 0.05) is 12.3 Å². The maximum absolute atomic E-state index is 11.9. The smallest absolute Gasteiger partial charge is 0.186 e. The SMILES string of the molecule is C[C@H]1CC[C@@H]([C@@](C)(O)CO[C@@H]2O[C@H](CO)[C@@H](O)[C@H](O)[C@H]2O)CC1=O. The molecule has 0 unspecified atom stereocenters. The van der Waals surface area contributed by atoms with Crippen molar-refractivity contribution < 1.29 is 39.8 Å². The van der Waals surface area contributed by atoms with E-state index in [0.29, 0.717) is 12.8 Å². The third-order valence-electron chi connectivity index (χ3n) is 5.21. The average Bonchev–Trinajstić information content (AvgIpc) is 2.54. The number of aliphatic hydroxyl groups is 5. The van der Waals surface area contributed by atoms with Crippen LogP contribution in [0, 0.1) is 11.8 Å². The second-order valence-electron chi connectivity index (χ2n) is 7.21. The second-order valence-corrected chi connectivity index (χ2v) is 7.21. The van der Waals surface area contributed by atoms with Gasteiger partial charge in [-0.2, -0.15) is 0 Å². The van der Waals surface area contributed by atoms with E-state index in [1.807, 2.05) is 6.92 Å². The zero-order valence-electron chi connectivity index (χ0n) is 14.0. The highest BCUT2D eigenvalue weighted by atomic mass is 16.7. The van der Waals surface area contributed by atoms with Gasteiger partial charge in [-0.15, -0.1) is 0 Å². The molecule has 1 saturated heterocycles. The Labute approximate surface area is 141 Å². The van der Waals surface area contributed by atoms with Crippen LogP contribution in [0.5, 0.6) is 0 Å². The van der Waals surface area contributed by atoms with E-state index in [1.165, 1.54) is 0 Å². The number of rotatable bonds is 5. The molecule has 1 saturated carbocycles. The van der Waals surface area contributed by atoms with Crippen molar-refractivity contribution in [1.29, 1.82) is 0 Å². The molecule has 0 radical (unpaired) electrons. The van der Waals surface area contributed by atoms with Crippen LogP contribution in [0.25, 0.3) is 0 Å². The molecule has 0 aromatic carbocycles. The number of ether oxygens (including phenoxy) is 2. The number of carbonyl (C=O) groups is 1. The third-order valence-corrected chi connectivity index (χ3v) is 5.21. The summed E-state index contributed by atoms with van der Waals surface area (Å²) in [7, 11) is 0. The molecule has 1 aliphatic heterocycles. The minimum atomic E-state index is -1.53. The molecule has 8 nitrogen and oxygen atoms in total. The highest BCUT2D eigenvalue weighted by molar-refractivity contribution is 5.81. The zero-order valence-corrected chi connectivity index (χ0v) is 14.0. The molecule has 5 N–H and O–H groups in total. The quantitative estimate of drug-likeness (QED) is 0.407. The Bertz CT molecular complexity index is 438. The lowest BCUT2D eigenvalue weighted by Crippen LogP contribution is -2.60. The molecule has 24 heavy (non-hydrogen) atoms. The molecule has 0 aromatic heterocycles. The first-order chi connectivity index (χ1) is 11.2. The number of carbonyl (C=O) groups excluding carboxylic acids is 1. The fraction of sp³-hybridized carbons (Fsp3) is 0.938. The molecular formula is C16H28O8. The van der Waals surface area contributed by atoms with E-state index in [0.717, 1.165) is 0 Å². The third kappa shape index (κ3) is 4.13. The Morgan fingerprint density at radius 1 is 1.21 bits per heavy atom. The molecule has 8 atom stereocenters. The van der Waals surface area contributed by atoms with E-state index < -0.39 is 42.9 Å². The van der Waals surface area contributed by atoms with Gasteiger partial charge in [0.2, 0.25) is 0 Å². The predicted octanol–water partition coefficient (Wildman–Crippen LogP) is -1.44. The monoisotopic (exact) mass is 348 g/mol. The molecule has 140 valence electrons. The normalized spacial score (nSPS) is 43.5. The van der Waals surface area contributed by atoms with Gasteiger partial charge in [-0.1, -0.05) is 6.92 Å². The first-order valence-electron chi connectivity index (χ1n) is 8.34. The Morgan fingerprint density at radius 3 is 2.46 bits per heavy atom. The number of hydrogen-bond donors (Lipinski definition) is 5. The average molecular weight is 348 g/mol. The van der Waals surface area contributed by atoms with Crippen LogP contribution < -0.4 is 0 Å². The summed E-state index contributed by atoms with van der Waals surface area (Å²) >= 11 is 0. The van der Waals surface area contributed by atoms with Crippen molar-refractivity contribution in [2.45, 2.75) is 69.4 Å². The van der Waals surface area contributed by atoms with Gasteiger partial charge in [0.1, 0.15) is 30.2 Å². The fourth-order valence-corrected chi connectivity index (χ4v) is 3.26. The molecule has 2 rings (SSSR count). The molecule has 2 aliphatic rings. The van der Waals surface area contributed by atoms with E-state index in [4.69, 9.17) is 14.6 Å². The van der Waals surface area contributed by atoms with E-state index in [1.54, 1.807) is 6.92 Å². The van der Waals surface area contributed by atoms with Crippen molar-refractivity contribution in [2.75, 3.05) is 13.2 Å². The highest BCUT2D eigenvalue weighted by Gasteiger charge is 2.45. The minimum Gasteiger partial charge on any atom is -0.394 e. The molecule has 8 heteroatoms.